The molecule has 154 valence electrons. The van der Waals surface area contributed by atoms with Gasteiger partial charge in [-0.15, -0.1) is 34.2 Å². The quantitative estimate of drug-likeness (QED) is 0.391. The Morgan fingerprint density at radius 3 is 2.61 bits per heavy atom. The van der Waals surface area contributed by atoms with Crippen LogP contribution in [0.3, 0.4) is 0 Å². The summed E-state index contributed by atoms with van der Waals surface area (Å²) in [6.45, 7) is 12.1. The molecule has 1 saturated heterocycles. The summed E-state index contributed by atoms with van der Waals surface area (Å²) < 4.78 is 2.10. The number of aryl methyl sites for hydroxylation is 2. The second-order valence-corrected chi connectivity index (χ2v) is 6.96. The second kappa shape index (κ2) is 10.6. The first-order chi connectivity index (χ1) is 13.1. The zero-order chi connectivity index (χ0) is 19.2. The van der Waals surface area contributed by atoms with E-state index in [2.05, 4.69) is 73.8 Å². The minimum atomic E-state index is 0. The van der Waals surface area contributed by atoms with Crippen LogP contribution in [0.2, 0.25) is 0 Å². The zero-order valence-electron chi connectivity index (χ0n) is 17.4. The third-order valence-electron chi connectivity index (χ3n) is 5.36. The van der Waals surface area contributed by atoms with Crippen molar-refractivity contribution in [3.05, 3.63) is 41.5 Å². The molecule has 0 bridgehead atoms. The molecule has 7 nitrogen and oxygen atoms in total. The molecule has 1 aromatic carbocycles. The molecule has 0 aliphatic carbocycles. The van der Waals surface area contributed by atoms with E-state index in [1.807, 2.05) is 7.05 Å². The minimum absolute atomic E-state index is 0. The molecular weight excluding hydrogens is 465 g/mol. The van der Waals surface area contributed by atoms with Crippen molar-refractivity contribution in [2.75, 3.05) is 44.7 Å². The maximum Gasteiger partial charge on any atom is 0.193 e. The fraction of sp³-hybridized carbons (Fsp3) is 0.550. The van der Waals surface area contributed by atoms with Gasteiger partial charge in [-0.3, -0.25) is 4.99 Å². The van der Waals surface area contributed by atoms with Crippen LogP contribution in [-0.4, -0.2) is 65.4 Å². The van der Waals surface area contributed by atoms with Gasteiger partial charge >= 0.3 is 0 Å². The first-order valence-electron chi connectivity index (χ1n) is 9.77. The molecule has 0 amide bonds. The molecule has 0 radical (unpaired) electrons. The van der Waals surface area contributed by atoms with E-state index in [0.717, 1.165) is 57.5 Å². The highest BCUT2D eigenvalue weighted by molar-refractivity contribution is 14.0. The van der Waals surface area contributed by atoms with Crippen LogP contribution in [0, 0.1) is 13.8 Å². The van der Waals surface area contributed by atoms with Crippen molar-refractivity contribution in [3.8, 4) is 0 Å². The fourth-order valence-electron chi connectivity index (χ4n) is 3.60. The number of guanidine groups is 1. The maximum absolute atomic E-state index is 4.48. The molecule has 0 atom stereocenters. The summed E-state index contributed by atoms with van der Waals surface area (Å²) in [5.74, 6) is 2.00. The summed E-state index contributed by atoms with van der Waals surface area (Å²) in [4.78, 5) is 9.30. The Kier molecular flexibility index (Phi) is 8.53. The molecule has 2 heterocycles. The zero-order valence-corrected chi connectivity index (χ0v) is 19.7. The van der Waals surface area contributed by atoms with Gasteiger partial charge in [0.05, 0.1) is 0 Å². The first-order valence-corrected chi connectivity index (χ1v) is 9.77. The van der Waals surface area contributed by atoms with Crippen LogP contribution in [0.5, 0.6) is 0 Å². The molecule has 3 rings (SSSR count). The molecule has 0 spiro atoms. The third kappa shape index (κ3) is 5.15. The number of piperazine rings is 1. The van der Waals surface area contributed by atoms with E-state index in [0.29, 0.717) is 0 Å². The highest BCUT2D eigenvalue weighted by Gasteiger charge is 2.21. The number of anilines is 1. The van der Waals surface area contributed by atoms with Crippen molar-refractivity contribution in [2.24, 2.45) is 4.99 Å². The molecule has 0 unspecified atom stereocenters. The van der Waals surface area contributed by atoms with Crippen LogP contribution in [-0.2, 0) is 13.0 Å². The van der Waals surface area contributed by atoms with Crippen LogP contribution in [0.4, 0.5) is 5.69 Å². The number of benzene rings is 1. The van der Waals surface area contributed by atoms with Crippen LogP contribution >= 0.6 is 24.0 Å². The Bertz CT molecular complexity index is 779. The molecule has 1 N–H and O–H groups in total. The van der Waals surface area contributed by atoms with E-state index in [-0.39, 0.29) is 24.0 Å². The Labute approximate surface area is 185 Å². The summed E-state index contributed by atoms with van der Waals surface area (Å²) >= 11 is 0. The van der Waals surface area contributed by atoms with Gasteiger partial charge in [-0.2, -0.15) is 0 Å². The van der Waals surface area contributed by atoms with Crippen molar-refractivity contribution in [2.45, 2.75) is 33.7 Å². The SMILES string of the molecule is CCc1nncn1CCNC(=NC)N1CCN(c2cccc(C)c2C)CC1.I. The fourth-order valence-corrected chi connectivity index (χ4v) is 3.60. The molecule has 2 aromatic rings. The van der Waals surface area contributed by atoms with E-state index in [9.17, 15) is 0 Å². The molecule has 0 saturated carbocycles. The van der Waals surface area contributed by atoms with Crippen LogP contribution < -0.4 is 10.2 Å². The molecular formula is C20H32IN7. The summed E-state index contributed by atoms with van der Waals surface area (Å²) in [6.07, 6.45) is 2.70. The smallest absolute Gasteiger partial charge is 0.193 e. The number of halogens is 1. The lowest BCUT2D eigenvalue weighted by molar-refractivity contribution is 0.371. The second-order valence-electron chi connectivity index (χ2n) is 6.96. The highest BCUT2D eigenvalue weighted by Crippen LogP contribution is 2.23. The molecule has 1 aliphatic rings. The van der Waals surface area contributed by atoms with E-state index in [4.69, 9.17) is 0 Å². The largest absolute Gasteiger partial charge is 0.368 e. The topological polar surface area (TPSA) is 61.6 Å². The highest BCUT2D eigenvalue weighted by atomic mass is 127. The predicted octanol–water partition coefficient (Wildman–Crippen LogP) is 2.47. The van der Waals surface area contributed by atoms with E-state index < -0.39 is 0 Å². The van der Waals surface area contributed by atoms with Gasteiger partial charge in [0.15, 0.2) is 5.96 Å². The van der Waals surface area contributed by atoms with Gasteiger partial charge in [0, 0.05) is 58.4 Å². The van der Waals surface area contributed by atoms with Crippen molar-refractivity contribution in [3.63, 3.8) is 0 Å². The average Bonchev–Trinajstić information content (AvgIpc) is 3.15. The Hall–Kier alpha value is -1.84. The lowest BCUT2D eigenvalue weighted by atomic mass is 10.1. The Morgan fingerprint density at radius 2 is 1.93 bits per heavy atom. The van der Waals surface area contributed by atoms with Crippen molar-refractivity contribution >= 4 is 35.6 Å². The number of aliphatic imine (C=N–C) groups is 1. The summed E-state index contributed by atoms with van der Waals surface area (Å²) in [6, 6.07) is 6.57. The Morgan fingerprint density at radius 1 is 1.18 bits per heavy atom. The van der Waals surface area contributed by atoms with E-state index in [1.165, 1.54) is 16.8 Å². The molecule has 8 heteroatoms. The summed E-state index contributed by atoms with van der Waals surface area (Å²) in [5.41, 5.74) is 4.10. The van der Waals surface area contributed by atoms with Crippen molar-refractivity contribution < 1.29 is 0 Å². The number of rotatable bonds is 5. The van der Waals surface area contributed by atoms with Gasteiger partial charge < -0.3 is 19.7 Å². The van der Waals surface area contributed by atoms with Crippen molar-refractivity contribution in [1.29, 1.82) is 0 Å². The van der Waals surface area contributed by atoms with Gasteiger partial charge in [0.1, 0.15) is 12.2 Å². The van der Waals surface area contributed by atoms with E-state index in [1.54, 1.807) is 6.33 Å². The van der Waals surface area contributed by atoms with Gasteiger partial charge in [-0.1, -0.05) is 19.1 Å². The van der Waals surface area contributed by atoms with Gasteiger partial charge in [-0.05, 0) is 31.0 Å². The minimum Gasteiger partial charge on any atom is -0.368 e. The first kappa shape index (κ1) is 22.4. The van der Waals surface area contributed by atoms with Crippen molar-refractivity contribution in [1.82, 2.24) is 25.0 Å². The lowest BCUT2D eigenvalue weighted by Crippen LogP contribution is -2.53. The van der Waals surface area contributed by atoms with Gasteiger partial charge in [-0.25, -0.2) is 0 Å². The lowest BCUT2D eigenvalue weighted by Gasteiger charge is -2.38. The van der Waals surface area contributed by atoms with Crippen LogP contribution in [0.25, 0.3) is 0 Å². The number of nitrogens with one attached hydrogen (secondary N) is 1. The monoisotopic (exact) mass is 497 g/mol. The average molecular weight is 497 g/mol. The van der Waals surface area contributed by atoms with Gasteiger partial charge in [0.2, 0.25) is 0 Å². The number of hydrogen-bond acceptors (Lipinski definition) is 4. The normalized spacial score (nSPS) is 14.8. The standard InChI is InChI=1S/C20H31N7.HI/c1-5-19-24-23-15-27(19)10-9-22-20(21-4)26-13-11-25(12-14-26)18-8-6-7-16(2)17(18)3;/h6-8,15H,5,9-14H2,1-4H3,(H,21,22);1H. The number of hydrogen-bond donors (Lipinski definition) is 1. The third-order valence-corrected chi connectivity index (χ3v) is 5.36. The maximum atomic E-state index is 4.48. The number of aromatic nitrogens is 3. The molecule has 1 aliphatic heterocycles. The number of nitrogens with zero attached hydrogens (tertiary/aromatic N) is 6. The molecule has 1 fully saturated rings. The molecule has 28 heavy (non-hydrogen) atoms. The summed E-state index contributed by atoms with van der Waals surface area (Å²) in [7, 11) is 1.86. The van der Waals surface area contributed by atoms with Crippen LogP contribution in [0.1, 0.15) is 23.9 Å². The van der Waals surface area contributed by atoms with Gasteiger partial charge in [0.25, 0.3) is 0 Å². The van der Waals surface area contributed by atoms with Crippen LogP contribution in [0.15, 0.2) is 29.5 Å². The predicted molar refractivity (Wildman–Crippen MR) is 126 cm³/mol. The Balaban J connectivity index is 0.00000280. The molecule has 1 aromatic heterocycles. The van der Waals surface area contributed by atoms with E-state index >= 15 is 0 Å². The summed E-state index contributed by atoms with van der Waals surface area (Å²) in [5, 5.41) is 11.6.